The van der Waals surface area contributed by atoms with Gasteiger partial charge in [0.15, 0.2) is 0 Å². The summed E-state index contributed by atoms with van der Waals surface area (Å²) in [5, 5.41) is 13.5. The Morgan fingerprint density at radius 1 is 1.35 bits per heavy atom. The second-order valence-corrected chi connectivity index (χ2v) is 5.13. The molecule has 1 saturated heterocycles. The molecule has 1 aromatic carbocycles. The summed E-state index contributed by atoms with van der Waals surface area (Å²) in [4.78, 5) is 35.7. The number of likely N-dealkylation sites (N-methyl/N-ethyl adjacent to an activating group) is 1. The Morgan fingerprint density at radius 2 is 2.05 bits per heavy atom. The van der Waals surface area contributed by atoms with E-state index in [1.54, 1.807) is 13.0 Å². The van der Waals surface area contributed by atoms with Crippen molar-refractivity contribution in [2.75, 3.05) is 6.54 Å². The molecule has 20 heavy (non-hydrogen) atoms. The van der Waals surface area contributed by atoms with Gasteiger partial charge in [0.1, 0.15) is 5.54 Å². The highest BCUT2D eigenvalue weighted by atomic mass is 16.6. The van der Waals surface area contributed by atoms with Gasteiger partial charge < -0.3 is 5.32 Å². The smallest absolute Gasteiger partial charge is 0.322 e. The van der Waals surface area contributed by atoms with E-state index in [9.17, 15) is 19.7 Å². The molecule has 1 N–H and O–H groups in total. The standard InChI is InChI=1S/C13H13N3O4/c1-2-15-11(17)13(14-12(15)18)6-8-3-4-10(16(19)20)5-9(8)7-13/h3-5H,2,6-7H2,1H3,(H,14,18). The molecule has 1 spiro atoms. The molecule has 1 aliphatic heterocycles. The minimum Gasteiger partial charge on any atom is -0.322 e. The average Bonchev–Trinajstić information content (AvgIpc) is 2.86. The summed E-state index contributed by atoms with van der Waals surface area (Å²) in [6.45, 7) is 2.06. The van der Waals surface area contributed by atoms with Crippen LogP contribution in [0.3, 0.4) is 0 Å². The van der Waals surface area contributed by atoms with E-state index in [2.05, 4.69) is 5.32 Å². The first-order valence-electron chi connectivity index (χ1n) is 6.37. The van der Waals surface area contributed by atoms with Crippen molar-refractivity contribution in [3.63, 3.8) is 0 Å². The molecule has 0 radical (unpaired) electrons. The molecule has 104 valence electrons. The van der Waals surface area contributed by atoms with Gasteiger partial charge in [-0.1, -0.05) is 6.07 Å². The van der Waals surface area contributed by atoms with Crippen molar-refractivity contribution in [1.82, 2.24) is 10.2 Å². The van der Waals surface area contributed by atoms with Gasteiger partial charge in [-0.25, -0.2) is 4.79 Å². The maximum absolute atomic E-state index is 12.4. The van der Waals surface area contributed by atoms with Crippen LogP contribution < -0.4 is 5.32 Å². The largest absolute Gasteiger partial charge is 0.325 e. The number of carbonyl (C=O) groups is 2. The molecule has 3 rings (SSSR count). The summed E-state index contributed by atoms with van der Waals surface area (Å²) in [7, 11) is 0. The minimum absolute atomic E-state index is 0.00456. The Labute approximate surface area is 114 Å². The molecule has 0 saturated carbocycles. The number of carbonyl (C=O) groups excluding carboxylic acids is 2. The molecule has 0 bridgehead atoms. The molecule has 1 aromatic rings. The lowest BCUT2D eigenvalue weighted by atomic mass is 9.96. The maximum Gasteiger partial charge on any atom is 0.325 e. The van der Waals surface area contributed by atoms with Crippen LogP contribution in [-0.2, 0) is 17.6 Å². The number of nitro benzene ring substituents is 1. The summed E-state index contributed by atoms with van der Waals surface area (Å²) < 4.78 is 0. The molecule has 3 amide bonds. The van der Waals surface area contributed by atoms with E-state index in [-0.39, 0.29) is 17.6 Å². The lowest BCUT2D eigenvalue weighted by Gasteiger charge is -2.19. The van der Waals surface area contributed by atoms with Crippen molar-refractivity contribution in [2.45, 2.75) is 25.3 Å². The van der Waals surface area contributed by atoms with E-state index in [1.165, 1.54) is 17.0 Å². The molecule has 1 fully saturated rings. The molecule has 1 atom stereocenters. The first-order chi connectivity index (χ1) is 9.47. The van der Waals surface area contributed by atoms with Crippen LogP contribution in [0.1, 0.15) is 18.1 Å². The SMILES string of the molecule is CCN1C(=O)NC2(Cc3ccc([N+](=O)[O-])cc3C2)C1=O. The third-order valence-corrected chi connectivity index (χ3v) is 3.95. The van der Waals surface area contributed by atoms with Crippen LogP contribution in [0.15, 0.2) is 18.2 Å². The number of rotatable bonds is 2. The Hall–Kier alpha value is -2.44. The van der Waals surface area contributed by atoms with E-state index in [0.717, 1.165) is 11.1 Å². The summed E-state index contributed by atoms with van der Waals surface area (Å²) in [6.07, 6.45) is 0.701. The fourth-order valence-electron chi connectivity index (χ4n) is 2.98. The molecular formula is C13H13N3O4. The summed E-state index contributed by atoms with van der Waals surface area (Å²) >= 11 is 0. The van der Waals surface area contributed by atoms with Crippen LogP contribution in [-0.4, -0.2) is 33.8 Å². The summed E-state index contributed by atoms with van der Waals surface area (Å²) in [6, 6.07) is 4.19. The second-order valence-electron chi connectivity index (χ2n) is 5.13. The molecule has 7 nitrogen and oxygen atoms in total. The number of nitro groups is 1. The maximum atomic E-state index is 12.4. The fraction of sp³-hybridized carbons (Fsp3) is 0.385. The van der Waals surface area contributed by atoms with Gasteiger partial charge in [0.2, 0.25) is 0 Å². The van der Waals surface area contributed by atoms with Crippen molar-refractivity contribution in [3.8, 4) is 0 Å². The van der Waals surface area contributed by atoms with Gasteiger partial charge in [0.25, 0.3) is 11.6 Å². The first kappa shape index (κ1) is 12.6. The van der Waals surface area contributed by atoms with E-state index in [1.807, 2.05) is 0 Å². The fourth-order valence-corrected chi connectivity index (χ4v) is 2.98. The third-order valence-electron chi connectivity index (χ3n) is 3.95. The number of non-ortho nitro benzene ring substituents is 1. The van der Waals surface area contributed by atoms with Crippen molar-refractivity contribution in [1.29, 1.82) is 0 Å². The van der Waals surface area contributed by atoms with E-state index < -0.39 is 10.5 Å². The zero-order chi connectivity index (χ0) is 14.5. The van der Waals surface area contributed by atoms with Crippen molar-refractivity contribution >= 4 is 17.6 Å². The topological polar surface area (TPSA) is 92.6 Å². The van der Waals surface area contributed by atoms with E-state index >= 15 is 0 Å². The van der Waals surface area contributed by atoms with Gasteiger partial charge in [-0.15, -0.1) is 0 Å². The van der Waals surface area contributed by atoms with Crippen LogP contribution in [0.2, 0.25) is 0 Å². The molecule has 0 aromatic heterocycles. The van der Waals surface area contributed by atoms with E-state index in [0.29, 0.717) is 19.4 Å². The van der Waals surface area contributed by atoms with Crippen LogP contribution in [0.25, 0.3) is 0 Å². The number of imide groups is 1. The lowest BCUT2D eigenvalue weighted by molar-refractivity contribution is -0.384. The number of nitrogens with one attached hydrogen (secondary N) is 1. The van der Waals surface area contributed by atoms with E-state index in [4.69, 9.17) is 0 Å². The normalized spacial score (nSPS) is 24.1. The molecular weight excluding hydrogens is 262 g/mol. The third kappa shape index (κ3) is 1.59. The van der Waals surface area contributed by atoms with Gasteiger partial charge in [-0.3, -0.25) is 19.8 Å². The Bertz CT molecular complexity index is 643. The van der Waals surface area contributed by atoms with Crippen molar-refractivity contribution < 1.29 is 14.5 Å². The van der Waals surface area contributed by atoms with Crippen molar-refractivity contribution in [2.24, 2.45) is 0 Å². The summed E-state index contributed by atoms with van der Waals surface area (Å²) in [5.74, 6) is -0.246. The first-order valence-corrected chi connectivity index (χ1v) is 6.37. The molecule has 1 aliphatic carbocycles. The van der Waals surface area contributed by atoms with Gasteiger partial charge in [-0.05, 0) is 18.1 Å². The Balaban J connectivity index is 1.96. The molecule has 1 unspecified atom stereocenters. The summed E-state index contributed by atoms with van der Waals surface area (Å²) in [5.41, 5.74) is 0.683. The number of benzene rings is 1. The van der Waals surface area contributed by atoms with Gasteiger partial charge >= 0.3 is 6.03 Å². The van der Waals surface area contributed by atoms with Crippen molar-refractivity contribution in [3.05, 3.63) is 39.4 Å². The Morgan fingerprint density at radius 3 is 2.65 bits per heavy atom. The monoisotopic (exact) mass is 275 g/mol. The number of fused-ring (bicyclic) bond motifs is 1. The van der Waals surface area contributed by atoms with Gasteiger partial charge in [0.05, 0.1) is 4.92 Å². The number of hydrogen-bond acceptors (Lipinski definition) is 4. The zero-order valence-electron chi connectivity index (χ0n) is 10.9. The second kappa shape index (κ2) is 4.03. The lowest BCUT2D eigenvalue weighted by Crippen LogP contribution is -2.47. The van der Waals surface area contributed by atoms with Crippen LogP contribution >= 0.6 is 0 Å². The van der Waals surface area contributed by atoms with Gasteiger partial charge in [-0.2, -0.15) is 0 Å². The highest BCUT2D eigenvalue weighted by Gasteiger charge is 2.53. The number of urea groups is 1. The quantitative estimate of drug-likeness (QED) is 0.495. The van der Waals surface area contributed by atoms with Crippen LogP contribution in [0.5, 0.6) is 0 Å². The number of hydrogen-bond donors (Lipinski definition) is 1. The number of nitrogens with zero attached hydrogens (tertiary/aromatic N) is 2. The Kier molecular flexibility index (Phi) is 2.53. The van der Waals surface area contributed by atoms with Gasteiger partial charge in [0, 0.05) is 31.5 Å². The zero-order valence-corrected chi connectivity index (χ0v) is 10.9. The average molecular weight is 275 g/mol. The highest BCUT2D eigenvalue weighted by molar-refractivity contribution is 6.07. The molecule has 1 heterocycles. The highest BCUT2D eigenvalue weighted by Crippen LogP contribution is 2.36. The van der Waals surface area contributed by atoms with Crippen LogP contribution in [0.4, 0.5) is 10.5 Å². The predicted molar refractivity (Wildman–Crippen MR) is 69.2 cm³/mol. The number of amides is 3. The van der Waals surface area contributed by atoms with Crippen LogP contribution in [0, 0.1) is 10.1 Å². The predicted octanol–water partition coefficient (Wildman–Crippen LogP) is 1.00. The molecule has 7 heteroatoms. The minimum atomic E-state index is -0.954. The molecule has 2 aliphatic rings.